The van der Waals surface area contributed by atoms with Crippen LogP contribution in [-0.2, 0) is 19.9 Å². The first kappa shape index (κ1) is 21.7. The van der Waals surface area contributed by atoms with E-state index in [0.29, 0.717) is 11.6 Å². The normalized spacial score (nSPS) is 17.3. The van der Waals surface area contributed by atoms with Gasteiger partial charge in [0.2, 0.25) is 0 Å². The first-order valence-corrected chi connectivity index (χ1v) is 10.6. The summed E-state index contributed by atoms with van der Waals surface area (Å²) >= 11 is 6.21. The van der Waals surface area contributed by atoms with Gasteiger partial charge in [0.15, 0.2) is 5.54 Å². The molecular formula is C25H23ClN2O4. The van der Waals surface area contributed by atoms with Gasteiger partial charge in [0.05, 0.1) is 6.61 Å². The molecule has 0 aromatic heterocycles. The van der Waals surface area contributed by atoms with Crippen LogP contribution in [0.4, 0.5) is 0 Å². The number of benzene rings is 3. The van der Waals surface area contributed by atoms with Crippen LogP contribution in [0.15, 0.2) is 71.7 Å². The molecule has 0 saturated carbocycles. The second-order valence-electron chi connectivity index (χ2n) is 7.39. The minimum atomic E-state index is -0.835. The molecule has 164 valence electrons. The lowest BCUT2D eigenvalue weighted by molar-refractivity contribution is -0.132. The highest BCUT2D eigenvalue weighted by atomic mass is 35.5. The zero-order chi connectivity index (χ0) is 22.6. The molecule has 1 aliphatic heterocycles. The number of hydroxylamine groups is 1. The number of hydrogen-bond donors (Lipinski definition) is 1. The molecule has 0 saturated heterocycles. The van der Waals surface area contributed by atoms with Crippen LogP contribution in [-0.4, -0.2) is 25.7 Å². The molecule has 0 amide bonds. The van der Waals surface area contributed by atoms with E-state index >= 15 is 0 Å². The minimum absolute atomic E-state index is 0.136. The van der Waals surface area contributed by atoms with E-state index < -0.39 is 5.54 Å². The smallest absolute Gasteiger partial charge is 0.320 e. The lowest BCUT2D eigenvalue weighted by Gasteiger charge is -2.26. The number of aliphatic imine (C=N–C) groups is 1. The lowest BCUT2D eigenvalue weighted by atomic mass is 9.82. The molecule has 3 aromatic carbocycles. The first-order chi connectivity index (χ1) is 15.6. The molecule has 0 spiro atoms. The zero-order valence-electron chi connectivity index (χ0n) is 17.8. The first-order valence-electron chi connectivity index (χ1n) is 10.2. The molecule has 3 aromatic rings. The Bertz CT molecular complexity index is 1160. The Morgan fingerprint density at radius 3 is 2.56 bits per heavy atom. The lowest BCUT2D eigenvalue weighted by Crippen LogP contribution is -2.27. The highest BCUT2D eigenvalue weighted by molar-refractivity contribution is 6.30. The predicted octanol–water partition coefficient (Wildman–Crippen LogP) is 5.02. The molecule has 7 heteroatoms. The Morgan fingerprint density at radius 1 is 1.09 bits per heavy atom. The van der Waals surface area contributed by atoms with E-state index in [1.54, 1.807) is 0 Å². The molecule has 1 N–H and O–H groups in total. The molecule has 4 rings (SSSR count). The van der Waals surface area contributed by atoms with E-state index in [2.05, 4.69) is 16.4 Å². The van der Waals surface area contributed by atoms with Gasteiger partial charge in [-0.15, -0.1) is 0 Å². The second-order valence-corrected chi connectivity index (χ2v) is 7.82. The van der Waals surface area contributed by atoms with Crippen LogP contribution in [0.1, 0.15) is 23.6 Å². The maximum atomic E-state index is 10.6. The van der Waals surface area contributed by atoms with Gasteiger partial charge in [0.1, 0.15) is 12.4 Å². The Morgan fingerprint density at radius 2 is 1.84 bits per heavy atom. The molecule has 1 heterocycles. The van der Waals surface area contributed by atoms with Crippen molar-refractivity contribution >= 4 is 24.1 Å². The minimum Gasteiger partial charge on any atom is -0.494 e. The van der Waals surface area contributed by atoms with Crippen molar-refractivity contribution in [3.63, 3.8) is 0 Å². The monoisotopic (exact) mass is 450 g/mol. The summed E-state index contributed by atoms with van der Waals surface area (Å²) in [5, 5.41) is 0.671. The third kappa shape index (κ3) is 4.27. The molecular weight excluding hydrogens is 428 g/mol. The average molecular weight is 451 g/mol. The van der Waals surface area contributed by atoms with Crippen molar-refractivity contribution in [3.8, 4) is 16.9 Å². The van der Waals surface area contributed by atoms with Crippen LogP contribution in [0.2, 0.25) is 5.02 Å². The number of carbonyl (C=O) groups is 1. The number of aryl methyl sites for hydroxylation is 1. The molecule has 1 aliphatic rings. The maximum absolute atomic E-state index is 10.6. The van der Waals surface area contributed by atoms with Crippen molar-refractivity contribution in [2.24, 2.45) is 4.99 Å². The van der Waals surface area contributed by atoms with Crippen LogP contribution >= 0.6 is 11.6 Å². The van der Waals surface area contributed by atoms with E-state index in [0.717, 1.165) is 33.6 Å². The molecule has 0 aliphatic carbocycles. The second kappa shape index (κ2) is 9.32. The maximum Gasteiger partial charge on any atom is 0.320 e. The van der Waals surface area contributed by atoms with Crippen LogP contribution in [0.3, 0.4) is 0 Å². The Labute approximate surface area is 191 Å². The Balaban J connectivity index is 1.83. The standard InChI is InChI=1S/C25H23ClN2O4/c1-3-30-23-11-10-21(12-17(23)2)25(15-31-24(27-25)28-32-16-29)20-8-4-6-18(13-20)19-7-5-9-22(26)14-19/h4-14,16H,3,15H2,1-2H3,(H,27,28). The Kier molecular flexibility index (Phi) is 6.32. The van der Waals surface area contributed by atoms with E-state index in [9.17, 15) is 4.79 Å². The number of ether oxygens (including phenoxy) is 2. The van der Waals surface area contributed by atoms with Gasteiger partial charge in [-0.25, -0.2) is 4.99 Å². The summed E-state index contributed by atoms with van der Waals surface area (Å²) in [4.78, 5) is 20.1. The quantitative estimate of drug-likeness (QED) is 0.404. The number of amidine groups is 1. The molecule has 0 fully saturated rings. The fourth-order valence-electron chi connectivity index (χ4n) is 3.85. The summed E-state index contributed by atoms with van der Waals surface area (Å²) < 4.78 is 11.5. The van der Waals surface area contributed by atoms with Crippen LogP contribution in [0.5, 0.6) is 5.75 Å². The van der Waals surface area contributed by atoms with E-state index in [1.165, 1.54) is 0 Å². The van der Waals surface area contributed by atoms with Crippen molar-refractivity contribution in [3.05, 3.63) is 88.4 Å². The van der Waals surface area contributed by atoms with Gasteiger partial charge in [-0.1, -0.05) is 48.0 Å². The molecule has 1 atom stereocenters. The molecule has 32 heavy (non-hydrogen) atoms. The highest BCUT2D eigenvalue weighted by Gasteiger charge is 2.41. The van der Waals surface area contributed by atoms with Crippen molar-refractivity contribution in [2.75, 3.05) is 13.2 Å². The van der Waals surface area contributed by atoms with Crippen molar-refractivity contribution in [1.82, 2.24) is 5.48 Å². The van der Waals surface area contributed by atoms with Gasteiger partial charge >= 0.3 is 12.5 Å². The van der Waals surface area contributed by atoms with Crippen LogP contribution in [0.25, 0.3) is 11.1 Å². The topological polar surface area (TPSA) is 69.2 Å². The fourth-order valence-corrected chi connectivity index (χ4v) is 4.04. The number of hydrogen-bond acceptors (Lipinski definition) is 6. The van der Waals surface area contributed by atoms with E-state index in [-0.39, 0.29) is 19.1 Å². The molecule has 0 bridgehead atoms. The third-order valence-corrected chi connectivity index (χ3v) is 5.59. The highest BCUT2D eigenvalue weighted by Crippen LogP contribution is 2.40. The van der Waals surface area contributed by atoms with Crippen molar-refractivity contribution in [2.45, 2.75) is 19.4 Å². The molecule has 6 nitrogen and oxygen atoms in total. The van der Waals surface area contributed by atoms with Crippen molar-refractivity contribution in [1.29, 1.82) is 0 Å². The number of halogens is 1. The SMILES string of the molecule is CCOc1ccc(C2(c3cccc(-c4cccc(Cl)c4)c3)COC(NOC=O)=N2)cc1C. The molecule has 0 radical (unpaired) electrons. The largest absolute Gasteiger partial charge is 0.494 e. The molecule has 1 unspecified atom stereocenters. The zero-order valence-corrected chi connectivity index (χ0v) is 18.6. The van der Waals surface area contributed by atoms with Gasteiger partial charge in [-0.3, -0.25) is 4.79 Å². The Hall–Kier alpha value is -3.51. The van der Waals surface area contributed by atoms with Gasteiger partial charge in [-0.05, 0) is 72.0 Å². The van der Waals surface area contributed by atoms with Crippen molar-refractivity contribution < 1.29 is 19.1 Å². The fraction of sp³-hybridized carbons (Fsp3) is 0.200. The summed E-state index contributed by atoms with van der Waals surface area (Å²) in [5.41, 5.74) is 6.48. The van der Waals surface area contributed by atoms with E-state index in [1.807, 2.05) is 74.5 Å². The third-order valence-electron chi connectivity index (χ3n) is 5.35. The number of nitrogens with one attached hydrogen (secondary N) is 1. The van der Waals surface area contributed by atoms with Gasteiger partial charge in [0.25, 0.3) is 0 Å². The van der Waals surface area contributed by atoms with Gasteiger partial charge in [-0.2, -0.15) is 5.48 Å². The summed E-state index contributed by atoms with van der Waals surface area (Å²) in [6, 6.07) is 21.9. The van der Waals surface area contributed by atoms with Crippen LogP contribution in [0, 0.1) is 6.92 Å². The average Bonchev–Trinajstić information content (AvgIpc) is 3.25. The number of rotatable bonds is 7. The summed E-state index contributed by atoms with van der Waals surface area (Å²) in [6.45, 7) is 5.07. The predicted molar refractivity (Wildman–Crippen MR) is 124 cm³/mol. The number of nitrogens with zero attached hydrogens (tertiary/aromatic N) is 1. The van der Waals surface area contributed by atoms with Crippen LogP contribution < -0.4 is 10.2 Å². The summed E-state index contributed by atoms with van der Waals surface area (Å²) in [7, 11) is 0. The van der Waals surface area contributed by atoms with Gasteiger partial charge < -0.3 is 14.3 Å². The summed E-state index contributed by atoms with van der Waals surface area (Å²) in [5.74, 6) is 0.824. The summed E-state index contributed by atoms with van der Waals surface area (Å²) in [6.07, 6.45) is 0. The van der Waals surface area contributed by atoms with Gasteiger partial charge in [0, 0.05) is 5.02 Å². The van der Waals surface area contributed by atoms with E-state index in [4.69, 9.17) is 26.1 Å². The number of carbonyl (C=O) groups excluding carboxylic acids is 1.